The summed E-state index contributed by atoms with van der Waals surface area (Å²) in [6.45, 7) is 0.798. The fraction of sp³-hybridized carbons (Fsp3) is 0.462. The van der Waals surface area contributed by atoms with Crippen molar-refractivity contribution in [1.82, 2.24) is 0 Å². The molecule has 18 heavy (non-hydrogen) atoms. The largest absolute Gasteiger partial charge is 0.389 e. The molecule has 0 amide bonds. The second kappa shape index (κ2) is 5.97. The molecule has 1 aromatic rings. The summed E-state index contributed by atoms with van der Waals surface area (Å²) in [7, 11) is 0. The molecule has 98 valence electrons. The fourth-order valence-corrected chi connectivity index (χ4v) is 2.76. The van der Waals surface area contributed by atoms with Crippen molar-refractivity contribution in [3.05, 3.63) is 28.0 Å². The van der Waals surface area contributed by atoms with Crippen molar-refractivity contribution in [2.24, 2.45) is 11.7 Å². The van der Waals surface area contributed by atoms with Gasteiger partial charge in [0, 0.05) is 12.1 Å². The molecule has 0 aliphatic heterocycles. The Hall–Kier alpha value is -0.680. The van der Waals surface area contributed by atoms with E-state index in [2.05, 4.69) is 21.2 Å². The van der Waals surface area contributed by atoms with Gasteiger partial charge in [-0.3, -0.25) is 0 Å². The lowest BCUT2D eigenvalue weighted by Crippen LogP contribution is -2.12. The minimum absolute atomic E-state index is 0.195. The highest BCUT2D eigenvalue weighted by atomic mass is 79.9. The highest BCUT2D eigenvalue weighted by Crippen LogP contribution is 2.33. The molecule has 0 saturated heterocycles. The quantitative estimate of drug-likeness (QED) is 0.615. The van der Waals surface area contributed by atoms with Crippen LogP contribution in [0.15, 0.2) is 16.6 Å². The summed E-state index contributed by atoms with van der Waals surface area (Å²) in [5.74, 6) is 0.590. The van der Waals surface area contributed by atoms with Crippen molar-refractivity contribution < 1.29 is 4.39 Å². The maximum Gasteiger partial charge on any atom is 0.161 e. The van der Waals surface area contributed by atoms with Crippen molar-refractivity contribution in [3.8, 4) is 0 Å². The first kappa shape index (κ1) is 13.7. The molecular weight excluding hydrogens is 315 g/mol. The van der Waals surface area contributed by atoms with Gasteiger partial charge >= 0.3 is 0 Å². The summed E-state index contributed by atoms with van der Waals surface area (Å²) in [6.07, 6.45) is 5.05. The molecule has 1 saturated carbocycles. The third-order valence-electron chi connectivity index (χ3n) is 3.15. The molecule has 5 heteroatoms. The maximum atomic E-state index is 14.0. The highest BCUT2D eigenvalue weighted by molar-refractivity contribution is 9.10. The van der Waals surface area contributed by atoms with Gasteiger partial charge in [0.2, 0.25) is 0 Å². The van der Waals surface area contributed by atoms with Crippen molar-refractivity contribution in [2.45, 2.75) is 25.7 Å². The van der Waals surface area contributed by atoms with E-state index in [-0.39, 0.29) is 10.8 Å². The molecule has 0 spiro atoms. The molecular formula is C13H16BrFN2S. The molecule has 3 N–H and O–H groups in total. The SMILES string of the molecule is NC(=S)c1ccc(NCCCC2CC2)c(F)c1Br. The van der Waals surface area contributed by atoms with Crippen LogP contribution in [-0.2, 0) is 0 Å². The standard InChI is InChI=1S/C13H16BrFN2S/c14-11-9(13(16)18)5-6-10(12(11)15)17-7-1-2-8-3-4-8/h5-6,8,17H,1-4,7H2,(H2,16,18). The molecule has 1 aliphatic carbocycles. The first-order chi connectivity index (χ1) is 8.59. The number of thiocarbonyl (C=S) groups is 1. The van der Waals surface area contributed by atoms with Crippen molar-refractivity contribution in [2.75, 3.05) is 11.9 Å². The molecule has 2 nitrogen and oxygen atoms in total. The Labute approximate surface area is 120 Å². The summed E-state index contributed by atoms with van der Waals surface area (Å²) in [6, 6.07) is 3.42. The van der Waals surface area contributed by atoms with Crippen LogP contribution in [0.3, 0.4) is 0 Å². The van der Waals surface area contributed by atoms with Gasteiger partial charge in [0.25, 0.3) is 0 Å². The van der Waals surface area contributed by atoms with E-state index in [4.69, 9.17) is 18.0 Å². The molecule has 0 radical (unpaired) electrons. The number of nitrogens with one attached hydrogen (secondary N) is 1. The van der Waals surface area contributed by atoms with Gasteiger partial charge < -0.3 is 11.1 Å². The molecule has 1 fully saturated rings. The molecule has 0 atom stereocenters. The van der Waals surface area contributed by atoms with Gasteiger partial charge in [-0.2, -0.15) is 0 Å². The van der Waals surface area contributed by atoms with E-state index in [0.29, 0.717) is 15.7 Å². The Bertz CT molecular complexity index is 461. The van der Waals surface area contributed by atoms with Gasteiger partial charge in [-0.05, 0) is 46.8 Å². The van der Waals surface area contributed by atoms with Crippen LogP contribution in [0.5, 0.6) is 0 Å². The number of halogens is 2. The molecule has 0 heterocycles. The summed E-state index contributed by atoms with van der Waals surface area (Å²) in [5, 5.41) is 3.11. The molecule has 1 aliphatic rings. The third-order valence-corrected chi connectivity index (χ3v) is 4.14. The zero-order chi connectivity index (χ0) is 13.1. The zero-order valence-corrected chi connectivity index (χ0v) is 12.4. The second-order valence-electron chi connectivity index (χ2n) is 4.67. The summed E-state index contributed by atoms with van der Waals surface area (Å²) in [5.41, 5.74) is 6.54. The molecule has 0 bridgehead atoms. The van der Waals surface area contributed by atoms with E-state index >= 15 is 0 Å². The number of anilines is 1. The number of benzene rings is 1. The minimum Gasteiger partial charge on any atom is -0.389 e. The van der Waals surface area contributed by atoms with Gasteiger partial charge in [-0.25, -0.2) is 4.39 Å². The van der Waals surface area contributed by atoms with Crippen LogP contribution in [-0.4, -0.2) is 11.5 Å². The lowest BCUT2D eigenvalue weighted by atomic mass is 10.2. The van der Waals surface area contributed by atoms with Crippen LogP contribution < -0.4 is 11.1 Å². The number of rotatable bonds is 6. The Kier molecular flexibility index (Phi) is 4.56. The van der Waals surface area contributed by atoms with Gasteiger partial charge in [-0.15, -0.1) is 0 Å². The Balaban J connectivity index is 1.95. The van der Waals surface area contributed by atoms with Gasteiger partial charge in [0.15, 0.2) is 5.82 Å². The molecule has 1 aromatic carbocycles. The van der Waals surface area contributed by atoms with Gasteiger partial charge in [0.05, 0.1) is 10.2 Å². The van der Waals surface area contributed by atoms with E-state index in [9.17, 15) is 4.39 Å². The van der Waals surface area contributed by atoms with Crippen LogP contribution in [0, 0.1) is 11.7 Å². The van der Waals surface area contributed by atoms with E-state index in [1.54, 1.807) is 12.1 Å². The number of hydrogen-bond acceptors (Lipinski definition) is 2. The van der Waals surface area contributed by atoms with Crippen LogP contribution in [0.25, 0.3) is 0 Å². The molecule has 0 unspecified atom stereocenters. The Morgan fingerprint density at radius 2 is 2.22 bits per heavy atom. The zero-order valence-electron chi connectivity index (χ0n) is 10.0. The van der Waals surface area contributed by atoms with E-state index in [1.165, 1.54) is 19.3 Å². The van der Waals surface area contributed by atoms with Crippen molar-refractivity contribution in [1.29, 1.82) is 0 Å². The predicted molar refractivity (Wildman–Crippen MR) is 80.4 cm³/mol. The lowest BCUT2D eigenvalue weighted by molar-refractivity contribution is 0.620. The predicted octanol–water partition coefficient (Wildman–Crippen LogP) is 3.82. The first-order valence-corrected chi connectivity index (χ1v) is 7.31. The van der Waals surface area contributed by atoms with E-state index < -0.39 is 0 Å². The smallest absolute Gasteiger partial charge is 0.161 e. The van der Waals surface area contributed by atoms with Crippen LogP contribution in [0.1, 0.15) is 31.2 Å². The lowest BCUT2D eigenvalue weighted by Gasteiger charge is -2.11. The first-order valence-electron chi connectivity index (χ1n) is 6.11. The van der Waals surface area contributed by atoms with Crippen molar-refractivity contribution in [3.63, 3.8) is 0 Å². The van der Waals surface area contributed by atoms with Crippen molar-refractivity contribution >= 4 is 38.8 Å². The summed E-state index contributed by atoms with van der Waals surface area (Å²) in [4.78, 5) is 0.195. The summed E-state index contributed by atoms with van der Waals surface area (Å²) >= 11 is 8.05. The maximum absolute atomic E-state index is 14.0. The minimum atomic E-state index is -0.327. The van der Waals surface area contributed by atoms with Gasteiger partial charge in [0.1, 0.15) is 4.99 Å². The Morgan fingerprint density at radius 1 is 1.50 bits per heavy atom. The topological polar surface area (TPSA) is 38.0 Å². The monoisotopic (exact) mass is 330 g/mol. The third kappa shape index (κ3) is 3.42. The van der Waals surface area contributed by atoms with E-state index in [1.807, 2.05) is 0 Å². The highest BCUT2D eigenvalue weighted by Gasteiger charge is 2.20. The Morgan fingerprint density at radius 3 is 2.83 bits per heavy atom. The normalized spacial score (nSPS) is 14.6. The number of nitrogens with two attached hydrogens (primary N) is 1. The second-order valence-corrected chi connectivity index (χ2v) is 5.90. The van der Waals surface area contributed by atoms with E-state index in [0.717, 1.165) is 18.9 Å². The van der Waals surface area contributed by atoms with Crippen LogP contribution in [0.4, 0.5) is 10.1 Å². The average Bonchev–Trinajstić information content (AvgIpc) is 3.13. The van der Waals surface area contributed by atoms with Crippen LogP contribution in [0.2, 0.25) is 0 Å². The molecule has 0 aromatic heterocycles. The summed E-state index contributed by atoms with van der Waals surface area (Å²) < 4.78 is 14.3. The number of hydrogen-bond donors (Lipinski definition) is 2. The average molecular weight is 331 g/mol. The van der Waals surface area contributed by atoms with Crippen LogP contribution >= 0.6 is 28.1 Å². The molecule has 2 rings (SSSR count). The fourth-order valence-electron chi connectivity index (χ4n) is 1.90. The van der Waals surface area contributed by atoms with Gasteiger partial charge in [-0.1, -0.05) is 25.1 Å².